The number of nitro groups is 1. The van der Waals surface area contributed by atoms with E-state index in [2.05, 4.69) is 31.4 Å². The van der Waals surface area contributed by atoms with Crippen LogP contribution >= 0.6 is 15.9 Å². The van der Waals surface area contributed by atoms with Crippen LogP contribution in [0.4, 0.5) is 11.4 Å². The molecular weight excluding hydrogens is 328 g/mol. The fourth-order valence-electron chi connectivity index (χ4n) is 1.81. The second-order valence-electron chi connectivity index (χ2n) is 4.58. The third-order valence-corrected chi connectivity index (χ3v) is 3.49. The van der Waals surface area contributed by atoms with Crippen molar-refractivity contribution < 1.29 is 9.34 Å². The maximum atomic E-state index is 11.0. The number of benzene rings is 1. The first-order valence-corrected chi connectivity index (χ1v) is 6.93. The van der Waals surface area contributed by atoms with Crippen LogP contribution < -0.4 is 5.32 Å². The summed E-state index contributed by atoms with van der Waals surface area (Å²) >= 11 is 3.21. The Morgan fingerprint density at radius 1 is 1.45 bits per heavy atom. The second-order valence-corrected chi connectivity index (χ2v) is 5.50. The number of nitro benzene ring substituents is 1. The average Bonchev–Trinajstić information content (AvgIpc) is 3.17. The monoisotopic (exact) mass is 338 g/mol. The molecule has 1 aromatic carbocycles. The van der Waals surface area contributed by atoms with Crippen molar-refractivity contribution in [1.29, 1.82) is 0 Å². The summed E-state index contributed by atoms with van der Waals surface area (Å²) in [6.07, 6.45) is 2.18. The van der Waals surface area contributed by atoms with Gasteiger partial charge in [0, 0.05) is 16.5 Å². The number of aromatic nitrogens is 2. The number of rotatable bonds is 5. The fourth-order valence-corrected chi connectivity index (χ4v) is 2.16. The molecule has 0 aliphatic heterocycles. The first-order chi connectivity index (χ1) is 9.63. The van der Waals surface area contributed by atoms with Gasteiger partial charge in [0.25, 0.3) is 5.69 Å². The summed E-state index contributed by atoms with van der Waals surface area (Å²) in [6.45, 7) is 0.266. The van der Waals surface area contributed by atoms with Gasteiger partial charge in [0.2, 0.25) is 11.8 Å². The van der Waals surface area contributed by atoms with Gasteiger partial charge in [-0.25, -0.2) is 0 Å². The summed E-state index contributed by atoms with van der Waals surface area (Å²) in [4.78, 5) is 10.5. The lowest BCUT2D eigenvalue weighted by Crippen LogP contribution is -2.03. The molecule has 0 saturated heterocycles. The Morgan fingerprint density at radius 2 is 2.25 bits per heavy atom. The van der Waals surface area contributed by atoms with E-state index in [0.717, 1.165) is 12.8 Å². The summed E-state index contributed by atoms with van der Waals surface area (Å²) < 4.78 is 6.15. The molecule has 0 bridgehead atoms. The van der Waals surface area contributed by atoms with Crippen molar-refractivity contribution in [2.75, 3.05) is 5.32 Å². The number of anilines is 1. The molecule has 3 rings (SSSR count). The lowest BCUT2D eigenvalue weighted by atomic mass is 10.2. The highest BCUT2D eigenvalue weighted by molar-refractivity contribution is 9.10. The molecule has 7 nitrogen and oxygen atoms in total. The first-order valence-electron chi connectivity index (χ1n) is 6.13. The van der Waals surface area contributed by atoms with Crippen molar-refractivity contribution in [1.82, 2.24) is 10.2 Å². The van der Waals surface area contributed by atoms with Gasteiger partial charge >= 0.3 is 0 Å². The maximum absolute atomic E-state index is 11.0. The predicted molar refractivity (Wildman–Crippen MR) is 74.4 cm³/mol. The normalized spacial score (nSPS) is 14.2. The summed E-state index contributed by atoms with van der Waals surface area (Å²) in [5.41, 5.74) is 0.422. The third kappa shape index (κ3) is 2.79. The van der Waals surface area contributed by atoms with Gasteiger partial charge in [0.15, 0.2) is 0 Å². The number of hydrogen-bond acceptors (Lipinski definition) is 6. The van der Waals surface area contributed by atoms with Gasteiger partial charge in [-0.1, -0.05) is 15.9 Å². The molecule has 1 heterocycles. The van der Waals surface area contributed by atoms with E-state index < -0.39 is 4.92 Å². The minimum Gasteiger partial charge on any atom is -0.423 e. The zero-order valence-electron chi connectivity index (χ0n) is 10.4. The van der Waals surface area contributed by atoms with Gasteiger partial charge in [-0.15, -0.1) is 10.2 Å². The molecule has 1 aromatic heterocycles. The van der Waals surface area contributed by atoms with E-state index in [-0.39, 0.29) is 12.2 Å². The SMILES string of the molecule is O=[N+]([O-])c1cc(Br)ccc1NCc1nnc(C2CC2)o1. The molecule has 1 aliphatic rings. The van der Waals surface area contributed by atoms with Crippen LogP contribution in [-0.2, 0) is 6.54 Å². The van der Waals surface area contributed by atoms with E-state index in [0.29, 0.717) is 27.9 Å². The second kappa shape index (κ2) is 5.20. The fraction of sp³-hybridized carbons (Fsp3) is 0.333. The summed E-state index contributed by atoms with van der Waals surface area (Å²) in [7, 11) is 0. The highest BCUT2D eigenvalue weighted by Crippen LogP contribution is 2.39. The Bertz CT molecular complexity index is 654. The minimum absolute atomic E-state index is 0.00121. The smallest absolute Gasteiger partial charge is 0.293 e. The largest absolute Gasteiger partial charge is 0.423 e. The Hall–Kier alpha value is -1.96. The van der Waals surface area contributed by atoms with E-state index in [1.807, 2.05) is 0 Å². The molecule has 1 fully saturated rings. The molecule has 104 valence electrons. The number of halogens is 1. The topological polar surface area (TPSA) is 94.1 Å². The van der Waals surface area contributed by atoms with E-state index in [9.17, 15) is 10.1 Å². The van der Waals surface area contributed by atoms with E-state index in [1.54, 1.807) is 12.1 Å². The van der Waals surface area contributed by atoms with Crippen LogP contribution in [0.1, 0.15) is 30.5 Å². The molecule has 0 spiro atoms. The lowest BCUT2D eigenvalue weighted by molar-refractivity contribution is -0.384. The minimum atomic E-state index is -0.434. The van der Waals surface area contributed by atoms with Crippen molar-refractivity contribution in [3.05, 3.63) is 44.6 Å². The predicted octanol–water partition coefficient (Wildman–Crippen LogP) is 3.23. The molecular formula is C12H11BrN4O3. The molecule has 0 unspecified atom stereocenters. The summed E-state index contributed by atoms with van der Waals surface area (Å²) in [5.74, 6) is 1.49. The van der Waals surface area contributed by atoms with Gasteiger partial charge < -0.3 is 9.73 Å². The summed E-state index contributed by atoms with van der Waals surface area (Å²) in [5, 5.41) is 21.8. The van der Waals surface area contributed by atoms with E-state index in [1.165, 1.54) is 6.07 Å². The lowest BCUT2D eigenvalue weighted by Gasteiger charge is -2.04. The summed E-state index contributed by atoms with van der Waals surface area (Å²) in [6, 6.07) is 4.82. The van der Waals surface area contributed by atoms with Gasteiger partial charge in [-0.3, -0.25) is 10.1 Å². The van der Waals surface area contributed by atoms with Crippen LogP contribution in [0.15, 0.2) is 27.1 Å². The van der Waals surface area contributed by atoms with Crippen molar-refractivity contribution in [3.8, 4) is 0 Å². The zero-order chi connectivity index (χ0) is 14.1. The molecule has 20 heavy (non-hydrogen) atoms. The van der Waals surface area contributed by atoms with Crippen molar-refractivity contribution in [3.63, 3.8) is 0 Å². The Kier molecular flexibility index (Phi) is 3.39. The van der Waals surface area contributed by atoms with E-state index >= 15 is 0 Å². The molecule has 2 aromatic rings. The molecule has 1 saturated carbocycles. The van der Waals surface area contributed by atoms with Gasteiger partial charge in [-0.05, 0) is 25.0 Å². The number of nitrogens with zero attached hydrogens (tertiary/aromatic N) is 3. The Labute approximate surface area is 122 Å². The van der Waals surface area contributed by atoms with Gasteiger partial charge in [0.1, 0.15) is 5.69 Å². The molecule has 0 radical (unpaired) electrons. The maximum Gasteiger partial charge on any atom is 0.293 e. The molecule has 0 amide bonds. The molecule has 1 aliphatic carbocycles. The highest BCUT2D eigenvalue weighted by Gasteiger charge is 2.29. The Balaban J connectivity index is 1.72. The van der Waals surface area contributed by atoms with Gasteiger partial charge in [0.05, 0.1) is 11.5 Å². The molecule has 8 heteroatoms. The zero-order valence-corrected chi connectivity index (χ0v) is 12.0. The van der Waals surface area contributed by atoms with Crippen LogP contribution in [-0.4, -0.2) is 15.1 Å². The van der Waals surface area contributed by atoms with Crippen molar-refractivity contribution >= 4 is 27.3 Å². The van der Waals surface area contributed by atoms with Crippen LogP contribution in [0.2, 0.25) is 0 Å². The van der Waals surface area contributed by atoms with Gasteiger partial charge in [-0.2, -0.15) is 0 Å². The van der Waals surface area contributed by atoms with Crippen LogP contribution in [0.5, 0.6) is 0 Å². The van der Waals surface area contributed by atoms with Crippen LogP contribution in [0.25, 0.3) is 0 Å². The number of hydrogen-bond donors (Lipinski definition) is 1. The average molecular weight is 339 g/mol. The Morgan fingerprint density at radius 3 is 2.95 bits per heavy atom. The van der Waals surface area contributed by atoms with E-state index in [4.69, 9.17) is 4.42 Å². The third-order valence-electron chi connectivity index (χ3n) is 3.00. The standard InChI is InChI=1S/C12H11BrN4O3/c13-8-3-4-9(10(5-8)17(18)19)14-6-11-15-16-12(20-11)7-1-2-7/h3-5,7,14H,1-2,6H2. The van der Waals surface area contributed by atoms with Crippen LogP contribution in [0.3, 0.4) is 0 Å². The number of nitrogens with one attached hydrogen (secondary N) is 1. The van der Waals surface area contributed by atoms with Crippen molar-refractivity contribution in [2.24, 2.45) is 0 Å². The quantitative estimate of drug-likeness (QED) is 0.664. The highest BCUT2D eigenvalue weighted by atomic mass is 79.9. The van der Waals surface area contributed by atoms with Crippen LogP contribution in [0, 0.1) is 10.1 Å². The first kappa shape index (κ1) is 13.0. The molecule has 1 N–H and O–H groups in total. The van der Waals surface area contributed by atoms with Crippen molar-refractivity contribution in [2.45, 2.75) is 25.3 Å². The molecule has 0 atom stereocenters.